The van der Waals surface area contributed by atoms with Crippen LogP contribution in [0.4, 0.5) is 4.79 Å². The lowest BCUT2D eigenvalue weighted by atomic mass is 9.91. The molecule has 12 nitrogen and oxygen atoms in total. The first-order chi connectivity index (χ1) is 23.7. The molecular weight excluding hydrogens is 650 g/mol. The lowest BCUT2D eigenvalue weighted by Gasteiger charge is -2.29. The van der Waals surface area contributed by atoms with Crippen LogP contribution in [0.1, 0.15) is 67.9 Å². The Morgan fingerprint density at radius 1 is 0.857 bits per heavy atom. The third-order valence-electron chi connectivity index (χ3n) is 7.08. The minimum atomic E-state index is -1.65. The number of alkyl carbamates (subject to hydrolysis) is 1. The number of esters is 1. The van der Waals surface area contributed by atoms with Crippen molar-refractivity contribution in [3.05, 3.63) is 94.2 Å². The van der Waals surface area contributed by atoms with E-state index in [9.17, 15) is 28.8 Å². The smallest absolute Gasteiger partial charge is 0.408 e. The van der Waals surface area contributed by atoms with Gasteiger partial charge in [0.15, 0.2) is 12.4 Å². The van der Waals surface area contributed by atoms with Gasteiger partial charge in [0, 0.05) is 10.4 Å². The van der Waals surface area contributed by atoms with E-state index in [1.54, 1.807) is 98.9 Å². The number of carbonyl (C=O) groups is 6. The van der Waals surface area contributed by atoms with Crippen LogP contribution in [0, 0.1) is 11.8 Å². The Hall–Kier alpha value is -5.04. The maximum atomic E-state index is 14.1. The Bertz CT molecular complexity index is 1600. The fourth-order valence-electron chi connectivity index (χ4n) is 4.83. The second kappa shape index (κ2) is 17.9. The third kappa shape index (κ3) is 12.5. The number of ketones is 1. The Morgan fingerprint density at radius 2 is 1.51 bits per heavy atom. The molecule has 4 N–H and O–H groups in total. The monoisotopic (exact) mass is 694 g/mol. The molecule has 2 unspecified atom stereocenters. The van der Waals surface area contributed by atoms with E-state index in [4.69, 9.17) is 10.9 Å². The Labute approximate surface area is 291 Å². The Kier molecular flexibility index (Phi) is 13.5. The number of ether oxygens (including phenoxy) is 2. The van der Waals surface area contributed by atoms with E-state index in [1.165, 1.54) is 0 Å². The van der Waals surface area contributed by atoms with Gasteiger partial charge in [-0.2, -0.15) is 0 Å². The van der Waals surface area contributed by atoms with Crippen molar-refractivity contribution in [3.8, 4) is 0 Å². The van der Waals surface area contributed by atoms with Gasteiger partial charge in [-0.15, -0.1) is 11.3 Å². The number of hydrogen-bond acceptors (Lipinski definition) is 10. The number of rotatable bonds is 16. The molecular formula is C36H43N3O9S. The molecule has 0 aliphatic heterocycles. The van der Waals surface area contributed by atoms with E-state index in [0.717, 1.165) is 11.3 Å². The fraction of sp³-hybridized carbons (Fsp3) is 0.389. The van der Waals surface area contributed by atoms with Crippen molar-refractivity contribution in [2.75, 3.05) is 6.61 Å². The van der Waals surface area contributed by atoms with E-state index >= 15 is 0 Å². The van der Waals surface area contributed by atoms with Gasteiger partial charge in [0.2, 0.25) is 11.8 Å². The van der Waals surface area contributed by atoms with Crippen molar-refractivity contribution in [1.29, 1.82) is 1.43 Å². The van der Waals surface area contributed by atoms with Crippen LogP contribution in [-0.4, -0.2) is 65.0 Å². The molecule has 0 aliphatic rings. The standard InChI is InChI=1S/C36H43N3O9S/c1-22(2)19-26(34(45)47-21-27(40)24-15-10-7-11-16-24)37-32(42)30(28-17-12-18-49-28)38-31(41)29(39-35(46)48-36(3,4)5)25(33(43)44)20-23-13-8-6-9-14-23/h6-18,22,25-26,29-30H,19-21H2,1-5H3,(H,37,42)(H,38,41)(H,39,46)(H,43,44)/t25?,26-,29-,30?/m0/s1/i/hD. The molecule has 262 valence electrons. The molecule has 1 aromatic heterocycles. The SMILES string of the molecule is [2H]OC(=O)C(Cc1ccccc1)[C@H](NC(=O)OC(C)(C)C)C(=O)NC(C(=O)N[C@@H](CC(C)C)C(=O)OCC(=O)c1ccccc1)c1cccs1. The van der Waals surface area contributed by atoms with Crippen molar-refractivity contribution in [2.45, 2.75) is 71.2 Å². The van der Waals surface area contributed by atoms with Gasteiger partial charge in [0.1, 0.15) is 23.7 Å². The zero-order valence-electron chi connectivity index (χ0n) is 29.1. The van der Waals surface area contributed by atoms with Crippen LogP contribution >= 0.6 is 11.3 Å². The summed E-state index contributed by atoms with van der Waals surface area (Å²) in [5.74, 6) is -5.57. The van der Waals surface area contributed by atoms with Crippen LogP contribution < -0.4 is 16.0 Å². The largest absolute Gasteiger partial charge is 0.481 e. The summed E-state index contributed by atoms with van der Waals surface area (Å²) in [6.45, 7) is 8.00. The number of carbonyl (C=O) groups excluding carboxylic acids is 5. The van der Waals surface area contributed by atoms with Crippen LogP contribution in [0.25, 0.3) is 1.43 Å². The number of Topliss-reactive ketones (excluding diaryl/α,β-unsaturated/α-hetero) is 1. The van der Waals surface area contributed by atoms with Crippen molar-refractivity contribution in [2.24, 2.45) is 11.8 Å². The van der Waals surface area contributed by atoms with Gasteiger partial charge in [-0.1, -0.05) is 80.6 Å². The van der Waals surface area contributed by atoms with Crippen molar-refractivity contribution >= 4 is 47.0 Å². The van der Waals surface area contributed by atoms with Crippen LogP contribution in [0.15, 0.2) is 78.2 Å². The molecule has 0 aliphatic carbocycles. The van der Waals surface area contributed by atoms with Gasteiger partial charge in [0.05, 0.1) is 5.92 Å². The first-order valence-electron chi connectivity index (χ1n) is 16.2. The number of amides is 3. The molecule has 0 radical (unpaired) electrons. The quantitative estimate of drug-likeness (QED) is 0.122. The number of thiophene rings is 1. The summed E-state index contributed by atoms with van der Waals surface area (Å²) in [6, 6.07) is 16.0. The zero-order chi connectivity index (χ0) is 36.8. The topological polar surface area (TPSA) is 177 Å². The van der Waals surface area contributed by atoms with Gasteiger partial charge in [-0.3, -0.25) is 19.2 Å². The highest BCUT2D eigenvalue weighted by molar-refractivity contribution is 7.10. The summed E-state index contributed by atoms with van der Waals surface area (Å²) in [5.41, 5.74) is 0.0147. The average molecular weight is 695 g/mol. The number of carboxylic acids is 1. The van der Waals surface area contributed by atoms with Crippen molar-refractivity contribution < 1.29 is 43.3 Å². The highest BCUT2D eigenvalue weighted by atomic mass is 32.1. The first-order valence-corrected chi connectivity index (χ1v) is 16.7. The molecule has 0 fully saturated rings. The number of nitrogens with one attached hydrogen (secondary N) is 3. The van der Waals surface area contributed by atoms with Crippen molar-refractivity contribution in [1.82, 2.24) is 16.0 Å². The third-order valence-corrected chi connectivity index (χ3v) is 8.02. The maximum absolute atomic E-state index is 14.1. The predicted octanol–water partition coefficient (Wildman–Crippen LogP) is 4.70. The molecule has 0 spiro atoms. The number of aliphatic carboxylic acids is 1. The molecule has 13 heteroatoms. The van der Waals surface area contributed by atoms with E-state index in [1.807, 2.05) is 13.8 Å². The average Bonchev–Trinajstić information content (AvgIpc) is 3.61. The van der Waals surface area contributed by atoms with Crippen LogP contribution in [0.2, 0.25) is 0 Å². The molecule has 4 atom stereocenters. The van der Waals surface area contributed by atoms with Crippen LogP contribution in [-0.2, 0) is 35.1 Å². The Morgan fingerprint density at radius 3 is 2.08 bits per heavy atom. The molecule has 3 aromatic rings. The molecule has 49 heavy (non-hydrogen) atoms. The number of benzene rings is 2. The number of carboxylic acid groups (broad SMARTS) is 1. The molecule has 0 bridgehead atoms. The summed E-state index contributed by atoms with van der Waals surface area (Å²) >= 11 is 1.15. The molecule has 2 aromatic carbocycles. The van der Waals surface area contributed by atoms with Gasteiger partial charge in [-0.05, 0) is 56.5 Å². The van der Waals surface area contributed by atoms with E-state index in [-0.39, 0.29) is 18.8 Å². The molecule has 0 saturated heterocycles. The lowest BCUT2D eigenvalue weighted by Crippen LogP contribution is -2.56. The van der Waals surface area contributed by atoms with E-state index < -0.39 is 71.9 Å². The second-order valence-electron chi connectivity index (χ2n) is 12.8. The molecule has 0 saturated carbocycles. The highest BCUT2D eigenvalue weighted by Gasteiger charge is 2.39. The minimum Gasteiger partial charge on any atom is -0.481 e. The van der Waals surface area contributed by atoms with E-state index in [0.29, 0.717) is 16.0 Å². The van der Waals surface area contributed by atoms with Gasteiger partial charge >= 0.3 is 18.0 Å². The van der Waals surface area contributed by atoms with Gasteiger partial charge in [-0.25, -0.2) is 9.59 Å². The predicted molar refractivity (Wildman–Crippen MR) is 183 cm³/mol. The second-order valence-corrected chi connectivity index (χ2v) is 13.8. The van der Waals surface area contributed by atoms with Gasteiger partial charge < -0.3 is 30.5 Å². The highest BCUT2D eigenvalue weighted by Crippen LogP contribution is 2.22. The maximum Gasteiger partial charge on any atom is 0.408 e. The first kappa shape index (κ1) is 36.8. The summed E-state index contributed by atoms with van der Waals surface area (Å²) < 4.78 is 18.0. The molecule has 3 amide bonds. The summed E-state index contributed by atoms with van der Waals surface area (Å²) in [6.07, 6.45) is -0.964. The summed E-state index contributed by atoms with van der Waals surface area (Å²) in [5, 5.41) is 13.7. The van der Waals surface area contributed by atoms with Gasteiger partial charge in [0.25, 0.3) is 1.43 Å². The Balaban J connectivity index is 1.89. The van der Waals surface area contributed by atoms with Crippen LogP contribution in [0.5, 0.6) is 0 Å². The normalized spacial score (nSPS) is 13.9. The summed E-state index contributed by atoms with van der Waals surface area (Å²) in [4.78, 5) is 80.0. The molecule has 3 rings (SSSR count). The molecule has 1 heterocycles. The fourth-order valence-corrected chi connectivity index (χ4v) is 5.60. The van der Waals surface area contributed by atoms with Crippen molar-refractivity contribution in [3.63, 3.8) is 0 Å². The summed E-state index contributed by atoms with van der Waals surface area (Å²) in [7, 11) is 0. The lowest BCUT2D eigenvalue weighted by molar-refractivity contribution is -0.148. The number of hydrogen-bond donors (Lipinski definition) is 4. The van der Waals surface area contributed by atoms with Crippen LogP contribution in [0.3, 0.4) is 0 Å². The zero-order valence-corrected chi connectivity index (χ0v) is 28.9. The minimum absolute atomic E-state index is 0.0792. The van der Waals surface area contributed by atoms with E-state index in [2.05, 4.69) is 21.1 Å².